The molecular formula is C12H23NO2. The lowest BCUT2D eigenvalue weighted by molar-refractivity contribution is -0.131. The van der Waals surface area contributed by atoms with Crippen LogP contribution in [-0.2, 0) is 9.53 Å². The third-order valence-corrected chi connectivity index (χ3v) is 2.83. The van der Waals surface area contributed by atoms with Gasteiger partial charge in [0.15, 0.2) is 0 Å². The van der Waals surface area contributed by atoms with Gasteiger partial charge in [0.2, 0.25) is 0 Å². The summed E-state index contributed by atoms with van der Waals surface area (Å²) in [6.45, 7) is 8.69. The smallest absolute Gasteiger partial charge is 0.141 e. The number of rotatable bonds is 6. The van der Waals surface area contributed by atoms with Gasteiger partial charge in [-0.1, -0.05) is 13.8 Å². The van der Waals surface area contributed by atoms with Gasteiger partial charge in [-0.2, -0.15) is 0 Å². The number of hydrogen-bond donors (Lipinski definition) is 0. The molecule has 0 aromatic rings. The molecule has 0 saturated carbocycles. The summed E-state index contributed by atoms with van der Waals surface area (Å²) in [5.41, 5.74) is 0. The quantitative estimate of drug-likeness (QED) is 0.673. The summed E-state index contributed by atoms with van der Waals surface area (Å²) in [4.78, 5) is 14.0. The van der Waals surface area contributed by atoms with Crippen LogP contribution in [-0.4, -0.2) is 43.5 Å². The van der Waals surface area contributed by atoms with Crippen molar-refractivity contribution in [2.45, 2.75) is 33.1 Å². The van der Waals surface area contributed by atoms with Gasteiger partial charge in [0.25, 0.3) is 0 Å². The molecule has 0 aromatic heterocycles. The second-order valence-corrected chi connectivity index (χ2v) is 4.29. The van der Waals surface area contributed by atoms with Crippen molar-refractivity contribution in [1.82, 2.24) is 4.90 Å². The van der Waals surface area contributed by atoms with E-state index in [1.807, 2.05) is 0 Å². The van der Waals surface area contributed by atoms with Crippen LogP contribution in [0.4, 0.5) is 0 Å². The van der Waals surface area contributed by atoms with Gasteiger partial charge in [0, 0.05) is 13.0 Å². The van der Waals surface area contributed by atoms with Gasteiger partial charge in [0.05, 0.1) is 19.1 Å². The van der Waals surface area contributed by atoms with Gasteiger partial charge < -0.3 is 9.64 Å². The van der Waals surface area contributed by atoms with Crippen LogP contribution in [0.1, 0.15) is 33.1 Å². The summed E-state index contributed by atoms with van der Waals surface area (Å²) in [6, 6.07) is 0. The molecule has 1 saturated heterocycles. The third kappa shape index (κ3) is 4.31. The van der Waals surface area contributed by atoms with Crippen molar-refractivity contribution in [2.75, 3.05) is 32.8 Å². The van der Waals surface area contributed by atoms with Crippen molar-refractivity contribution in [2.24, 2.45) is 5.92 Å². The van der Waals surface area contributed by atoms with E-state index in [4.69, 9.17) is 4.74 Å². The first kappa shape index (κ1) is 12.7. The molecule has 1 aliphatic heterocycles. The zero-order valence-electron chi connectivity index (χ0n) is 10.00. The molecule has 3 heteroatoms. The van der Waals surface area contributed by atoms with Crippen molar-refractivity contribution in [1.29, 1.82) is 0 Å². The molecule has 1 unspecified atom stereocenters. The normalized spacial score (nSPS) is 22.3. The molecular weight excluding hydrogens is 190 g/mol. The van der Waals surface area contributed by atoms with Crippen LogP contribution in [0.15, 0.2) is 0 Å². The Morgan fingerprint density at radius 1 is 1.33 bits per heavy atom. The molecule has 0 N–H and O–H groups in total. The van der Waals surface area contributed by atoms with Crippen molar-refractivity contribution in [3.8, 4) is 0 Å². The highest BCUT2D eigenvalue weighted by Gasteiger charge is 2.24. The Morgan fingerprint density at radius 2 is 2.00 bits per heavy atom. The predicted octanol–water partition coefficient (Wildman–Crippen LogP) is 1.71. The molecule has 0 radical (unpaired) electrons. The lowest BCUT2D eigenvalue weighted by Crippen LogP contribution is -2.39. The number of Topliss-reactive ketones (excluding diaryl/α,β-unsaturated/α-hetero) is 1. The van der Waals surface area contributed by atoms with E-state index in [-0.39, 0.29) is 5.92 Å². The van der Waals surface area contributed by atoms with E-state index in [0.717, 1.165) is 32.5 Å². The van der Waals surface area contributed by atoms with Crippen LogP contribution < -0.4 is 0 Å². The molecule has 0 aliphatic carbocycles. The molecule has 1 fully saturated rings. The standard InChI is InChI=1S/C12H23NO2/c1-3-6-13(7-4-2)9-11-10-15-8-5-12(11)14/h11H,3-10H2,1-2H3. The number of ketones is 1. The first-order valence-corrected chi connectivity index (χ1v) is 6.10. The summed E-state index contributed by atoms with van der Waals surface area (Å²) < 4.78 is 5.36. The van der Waals surface area contributed by atoms with Crippen molar-refractivity contribution in [3.63, 3.8) is 0 Å². The number of nitrogens with zero attached hydrogens (tertiary/aromatic N) is 1. The highest BCUT2D eigenvalue weighted by Crippen LogP contribution is 2.12. The molecule has 0 aromatic carbocycles. The molecule has 15 heavy (non-hydrogen) atoms. The average molecular weight is 213 g/mol. The third-order valence-electron chi connectivity index (χ3n) is 2.83. The number of hydrogen-bond acceptors (Lipinski definition) is 3. The van der Waals surface area contributed by atoms with Gasteiger partial charge in [-0.05, 0) is 25.9 Å². The maximum atomic E-state index is 11.6. The Hall–Kier alpha value is -0.410. The van der Waals surface area contributed by atoms with E-state index >= 15 is 0 Å². The van der Waals surface area contributed by atoms with E-state index in [9.17, 15) is 4.79 Å². The fraction of sp³-hybridized carbons (Fsp3) is 0.917. The molecule has 1 aliphatic rings. The highest BCUT2D eigenvalue weighted by atomic mass is 16.5. The van der Waals surface area contributed by atoms with Crippen LogP contribution in [0.2, 0.25) is 0 Å². The lowest BCUT2D eigenvalue weighted by Gasteiger charge is -2.28. The van der Waals surface area contributed by atoms with E-state index < -0.39 is 0 Å². The van der Waals surface area contributed by atoms with Crippen molar-refractivity contribution < 1.29 is 9.53 Å². The van der Waals surface area contributed by atoms with Gasteiger partial charge in [0.1, 0.15) is 5.78 Å². The topological polar surface area (TPSA) is 29.5 Å². The van der Waals surface area contributed by atoms with Gasteiger partial charge in [-0.25, -0.2) is 0 Å². The largest absolute Gasteiger partial charge is 0.380 e. The summed E-state index contributed by atoms with van der Waals surface area (Å²) in [6.07, 6.45) is 2.92. The fourth-order valence-corrected chi connectivity index (χ4v) is 2.09. The molecule has 1 heterocycles. The van der Waals surface area contributed by atoms with Gasteiger partial charge in [-0.15, -0.1) is 0 Å². The molecule has 1 rings (SSSR count). The average Bonchev–Trinajstić information content (AvgIpc) is 2.22. The number of carbonyl (C=O) groups is 1. The number of ether oxygens (including phenoxy) is 1. The van der Waals surface area contributed by atoms with E-state index in [1.165, 1.54) is 0 Å². The zero-order valence-corrected chi connectivity index (χ0v) is 10.00. The highest BCUT2D eigenvalue weighted by molar-refractivity contribution is 5.82. The first-order valence-electron chi connectivity index (χ1n) is 6.10. The predicted molar refractivity (Wildman–Crippen MR) is 61.0 cm³/mol. The molecule has 3 nitrogen and oxygen atoms in total. The minimum Gasteiger partial charge on any atom is -0.380 e. The van der Waals surface area contributed by atoms with Gasteiger partial charge in [-0.3, -0.25) is 4.79 Å². The Kier molecular flexibility index (Phi) is 5.88. The van der Waals surface area contributed by atoms with E-state index in [0.29, 0.717) is 25.4 Å². The molecule has 0 bridgehead atoms. The summed E-state index contributed by atoms with van der Waals surface area (Å²) in [7, 11) is 0. The SMILES string of the molecule is CCCN(CCC)CC1COCCC1=O. The summed E-state index contributed by atoms with van der Waals surface area (Å²) in [5.74, 6) is 0.510. The second kappa shape index (κ2) is 6.96. The minimum absolute atomic E-state index is 0.122. The van der Waals surface area contributed by atoms with E-state index in [2.05, 4.69) is 18.7 Å². The van der Waals surface area contributed by atoms with Gasteiger partial charge >= 0.3 is 0 Å². The monoisotopic (exact) mass is 213 g/mol. The molecule has 0 amide bonds. The first-order chi connectivity index (χ1) is 7.27. The lowest BCUT2D eigenvalue weighted by atomic mass is 10.00. The second-order valence-electron chi connectivity index (χ2n) is 4.29. The van der Waals surface area contributed by atoms with Crippen molar-refractivity contribution >= 4 is 5.78 Å². The summed E-state index contributed by atoms with van der Waals surface area (Å²) in [5, 5.41) is 0. The number of carbonyl (C=O) groups excluding carboxylic acids is 1. The molecule has 1 atom stereocenters. The van der Waals surface area contributed by atoms with Crippen LogP contribution in [0, 0.1) is 5.92 Å². The maximum absolute atomic E-state index is 11.6. The van der Waals surface area contributed by atoms with Crippen LogP contribution in [0.5, 0.6) is 0 Å². The maximum Gasteiger partial charge on any atom is 0.141 e. The zero-order chi connectivity index (χ0) is 11.1. The fourth-order valence-electron chi connectivity index (χ4n) is 2.09. The van der Waals surface area contributed by atoms with Crippen LogP contribution >= 0.6 is 0 Å². The molecule has 88 valence electrons. The van der Waals surface area contributed by atoms with Crippen molar-refractivity contribution in [3.05, 3.63) is 0 Å². The Bertz CT molecular complexity index is 188. The molecule has 0 spiro atoms. The Morgan fingerprint density at radius 3 is 2.53 bits per heavy atom. The minimum atomic E-state index is 0.122. The van der Waals surface area contributed by atoms with E-state index in [1.54, 1.807) is 0 Å². The van der Waals surface area contributed by atoms with Crippen LogP contribution in [0.3, 0.4) is 0 Å². The Balaban J connectivity index is 2.37. The van der Waals surface area contributed by atoms with Crippen LogP contribution in [0.25, 0.3) is 0 Å². The summed E-state index contributed by atoms with van der Waals surface area (Å²) >= 11 is 0. The Labute approximate surface area is 92.8 Å².